The summed E-state index contributed by atoms with van der Waals surface area (Å²) in [6.45, 7) is 10.3. The molecule has 1 spiro atoms. The van der Waals surface area contributed by atoms with Crippen LogP contribution in [0.3, 0.4) is 0 Å². The minimum Gasteiger partial charge on any atom is -0.453 e. The number of carbonyl (C=O) groups excluding carboxylic acids is 2. The maximum Gasteiger partial charge on any atom is 0.329 e. The number of halogens is 4. The number of urea groups is 1. The maximum atomic E-state index is 16.2. The van der Waals surface area contributed by atoms with Crippen molar-refractivity contribution in [1.29, 1.82) is 5.26 Å². The summed E-state index contributed by atoms with van der Waals surface area (Å²) in [4.78, 5) is 45.2. The van der Waals surface area contributed by atoms with Crippen LogP contribution in [0.1, 0.15) is 103 Å². The van der Waals surface area contributed by atoms with Crippen molar-refractivity contribution in [2.45, 2.75) is 109 Å². The summed E-state index contributed by atoms with van der Waals surface area (Å²) in [6.07, 6.45) is 5.17. The average Bonchev–Trinajstić information content (AvgIpc) is 3.91. The fourth-order valence-corrected chi connectivity index (χ4v) is 10.2. The van der Waals surface area contributed by atoms with Gasteiger partial charge in [-0.05, 0) is 107 Å². The highest BCUT2D eigenvalue weighted by Crippen LogP contribution is 2.48. The number of fused-ring (bicyclic) bond motifs is 2. The first-order chi connectivity index (χ1) is 33.7. The lowest BCUT2D eigenvalue weighted by Gasteiger charge is -2.46. The van der Waals surface area contributed by atoms with E-state index < -0.39 is 41.7 Å². The number of likely N-dealkylation sites (N-methyl/N-ethyl adjacent to an activating group) is 1. The molecule has 1 aliphatic carbocycles. The van der Waals surface area contributed by atoms with Crippen LogP contribution >= 0.6 is 12.1 Å². The Hall–Kier alpha value is -5.79. The number of rotatable bonds is 14. The number of nitrogens with zero attached hydrogens (tertiary/aromatic N) is 8. The number of carbonyl (C=O) groups is 2. The van der Waals surface area contributed by atoms with Crippen molar-refractivity contribution in [3.05, 3.63) is 81.9 Å². The summed E-state index contributed by atoms with van der Waals surface area (Å²) < 4.78 is 83.3. The monoisotopic (exact) mass is 994 g/mol. The van der Waals surface area contributed by atoms with E-state index in [1.807, 2.05) is 40.7 Å². The lowest BCUT2D eigenvalue weighted by atomic mass is 9.78. The number of imide groups is 1. The van der Waals surface area contributed by atoms with Crippen LogP contribution in [-0.4, -0.2) is 110 Å². The molecular formula is C49H62F4N10O6S. The Morgan fingerprint density at radius 1 is 1.06 bits per heavy atom. The number of aromatic nitrogens is 4. The minimum absolute atomic E-state index is 0.0236. The number of hydrogen-bond acceptors (Lipinski definition) is 13. The Morgan fingerprint density at radius 2 is 1.80 bits per heavy atom. The molecule has 0 radical (unpaired) electrons. The Morgan fingerprint density at radius 3 is 2.47 bits per heavy atom. The van der Waals surface area contributed by atoms with Gasteiger partial charge in [-0.15, -0.1) is 0 Å². The van der Waals surface area contributed by atoms with E-state index in [4.69, 9.17) is 9.47 Å². The second kappa shape index (κ2) is 23.4. The molecule has 4 heterocycles. The quantitative estimate of drug-likeness (QED) is 0.0545. The maximum absolute atomic E-state index is 16.2. The number of anilines is 2. The molecule has 378 valence electrons. The van der Waals surface area contributed by atoms with E-state index in [9.17, 15) is 24.8 Å². The van der Waals surface area contributed by atoms with Crippen LogP contribution in [0, 0.1) is 23.0 Å². The Balaban J connectivity index is 0.00000196. The lowest BCUT2D eigenvalue weighted by Crippen LogP contribution is -2.53. The largest absolute Gasteiger partial charge is 0.453 e. The number of likely N-dealkylation sites (tertiary alicyclic amines) is 1. The van der Waals surface area contributed by atoms with Crippen molar-refractivity contribution >= 4 is 57.9 Å². The van der Waals surface area contributed by atoms with E-state index in [0.717, 1.165) is 24.3 Å². The Kier molecular flexibility index (Phi) is 17.9. The highest BCUT2D eigenvalue weighted by atomic mass is 32.2. The summed E-state index contributed by atoms with van der Waals surface area (Å²) in [7, 11) is 3.32. The third kappa shape index (κ3) is 11.2. The predicted octanol–water partition coefficient (Wildman–Crippen LogP) is 9.03. The van der Waals surface area contributed by atoms with E-state index in [-0.39, 0.29) is 89.4 Å². The van der Waals surface area contributed by atoms with Crippen LogP contribution in [0.4, 0.5) is 33.9 Å². The number of ether oxygens (including phenoxy) is 2. The molecule has 2 unspecified atom stereocenters. The molecule has 2 aliphatic heterocycles. The number of alkyl halides is 2. The van der Waals surface area contributed by atoms with Crippen molar-refractivity contribution in [3.63, 3.8) is 0 Å². The summed E-state index contributed by atoms with van der Waals surface area (Å²) in [5.41, 5.74) is -0.0431. The molecule has 2 aromatic heterocycles. The first-order valence-electron chi connectivity index (χ1n) is 23.8. The smallest absolute Gasteiger partial charge is 0.329 e. The highest BCUT2D eigenvalue weighted by molar-refractivity contribution is 7.98. The fraction of sp³-hybridized carbons (Fsp3) is 0.510. The number of benzene rings is 3. The minimum atomic E-state index is -3.25. The summed E-state index contributed by atoms with van der Waals surface area (Å²) in [5.74, 6) is -6.31. The topological polar surface area (TPSA) is 183 Å². The molecule has 3 N–H and O–H groups in total. The predicted molar refractivity (Wildman–Crippen MR) is 262 cm³/mol. The standard InChI is InChI=1S/C45H50F4N10O6S.2C2H6/c1-4-14-58(43(63)52-26-61)41-32-19-36(47)30(20-39(32)56(3)53-41)34-11-15-57(24-45(34,48)49)27-9-12-44(13-10-27)21-28(23-64-44)59-25-51-37-7-5-29(18-31(37)42(59)62)65-40-33(22-50)38(8-6-35(40)46)54-66-55(2)16-17-60;2*1-2/h5-8,18-20,25-28,34,54,60H,4,9-17,21,23-24H2,1-3H3,(H,52,61,63);2*1-2H3. The molecule has 3 aromatic carbocycles. The molecule has 0 bridgehead atoms. The van der Waals surface area contributed by atoms with Crippen molar-refractivity contribution < 1.29 is 41.7 Å². The molecule has 5 aromatic rings. The third-order valence-corrected chi connectivity index (χ3v) is 13.8. The number of hydrogen-bond donors (Lipinski definition) is 3. The van der Waals surface area contributed by atoms with Gasteiger partial charge in [0.15, 0.2) is 17.4 Å². The fourth-order valence-electron chi connectivity index (χ4n) is 9.62. The molecular weight excluding hydrogens is 933 g/mol. The summed E-state index contributed by atoms with van der Waals surface area (Å²) in [6, 6.07) is 10.5. The van der Waals surface area contributed by atoms with Crippen LogP contribution in [0.2, 0.25) is 0 Å². The van der Waals surface area contributed by atoms with Gasteiger partial charge in [0.25, 0.3) is 11.5 Å². The second-order valence-corrected chi connectivity index (χ2v) is 18.1. The van der Waals surface area contributed by atoms with Crippen LogP contribution in [0.25, 0.3) is 21.8 Å². The van der Waals surface area contributed by atoms with Gasteiger partial charge in [-0.25, -0.2) is 31.6 Å². The van der Waals surface area contributed by atoms with Gasteiger partial charge in [0.05, 0.1) is 65.8 Å². The van der Waals surface area contributed by atoms with Gasteiger partial charge < -0.3 is 19.3 Å². The molecule has 3 aliphatic rings. The van der Waals surface area contributed by atoms with Gasteiger partial charge in [0.1, 0.15) is 23.2 Å². The zero-order valence-electron chi connectivity index (χ0n) is 40.6. The molecule has 8 rings (SSSR count). The number of nitrogens with one attached hydrogen (secondary N) is 2. The number of piperidine rings is 1. The van der Waals surface area contributed by atoms with Gasteiger partial charge in [-0.1, -0.05) is 34.6 Å². The number of amides is 3. The van der Waals surface area contributed by atoms with E-state index in [1.54, 1.807) is 29.4 Å². The first kappa shape index (κ1) is 53.6. The van der Waals surface area contributed by atoms with Gasteiger partial charge in [0.2, 0.25) is 6.41 Å². The lowest BCUT2D eigenvalue weighted by molar-refractivity contribution is -0.108. The van der Waals surface area contributed by atoms with E-state index in [2.05, 4.69) is 20.1 Å². The van der Waals surface area contributed by atoms with Crippen molar-refractivity contribution in [1.82, 2.24) is 33.9 Å². The van der Waals surface area contributed by atoms with Crippen LogP contribution in [-0.2, 0) is 16.6 Å². The Bertz CT molecular complexity index is 2740. The average molecular weight is 995 g/mol. The molecule has 3 amide bonds. The zero-order chi connectivity index (χ0) is 50.9. The number of aliphatic hydroxyl groups excluding tert-OH is 1. The highest BCUT2D eigenvalue weighted by Gasteiger charge is 2.50. The number of aryl methyl sites for hydroxylation is 1. The number of aliphatic hydroxyl groups is 1. The second-order valence-electron chi connectivity index (χ2n) is 17.1. The third-order valence-electron chi connectivity index (χ3n) is 13.0. The summed E-state index contributed by atoms with van der Waals surface area (Å²) in [5, 5.41) is 26.1. The van der Waals surface area contributed by atoms with Gasteiger partial charge in [-0.3, -0.25) is 34.0 Å². The Labute approximate surface area is 409 Å². The van der Waals surface area contributed by atoms with Gasteiger partial charge in [0, 0.05) is 43.7 Å². The van der Waals surface area contributed by atoms with Crippen LogP contribution < -0.4 is 25.2 Å². The van der Waals surface area contributed by atoms with E-state index >= 15 is 17.6 Å². The molecule has 70 heavy (non-hydrogen) atoms. The number of nitriles is 1. The zero-order valence-corrected chi connectivity index (χ0v) is 41.4. The molecule has 21 heteroatoms. The van der Waals surface area contributed by atoms with Gasteiger partial charge >= 0.3 is 6.03 Å². The molecule has 16 nitrogen and oxygen atoms in total. The van der Waals surface area contributed by atoms with Crippen molar-refractivity contribution in [3.8, 4) is 17.6 Å². The normalized spacial score (nSPS) is 20.8. The van der Waals surface area contributed by atoms with Crippen LogP contribution in [0.15, 0.2) is 53.6 Å². The molecule has 1 saturated carbocycles. The molecule has 2 saturated heterocycles. The molecule has 3 fully saturated rings. The van der Waals surface area contributed by atoms with Crippen LogP contribution in [0.5, 0.6) is 11.5 Å². The van der Waals surface area contributed by atoms with E-state index in [1.165, 1.54) is 44.7 Å². The van der Waals surface area contributed by atoms with Gasteiger partial charge in [-0.2, -0.15) is 10.4 Å². The molecule has 2 atom stereocenters. The van der Waals surface area contributed by atoms with E-state index in [0.29, 0.717) is 68.3 Å². The first-order valence-corrected chi connectivity index (χ1v) is 24.6. The van der Waals surface area contributed by atoms with Crippen molar-refractivity contribution in [2.24, 2.45) is 7.05 Å². The SMILES string of the molecule is CC.CC.CCCN(C(=O)NC=O)c1nn(C)c2cc(C3CCN(C4CCC5(CC4)CC(n4cnc6ccc(Oc7c(F)ccc(NSN(C)CCO)c7C#N)cc6c4=O)CO5)CC3(F)F)c(F)cc12. The van der Waals surface area contributed by atoms with Crippen molar-refractivity contribution in [2.75, 3.05) is 56.1 Å². The summed E-state index contributed by atoms with van der Waals surface area (Å²) >= 11 is 1.11.